The van der Waals surface area contributed by atoms with Gasteiger partial charge >= 0.3 is 6.03 Å². The molecule has 3 rings (SSSR count). The lowest BCUT2D eigenvalue weighted by atomic mass is 10.1. The van der Waals surface area contributed by atoms with Crippen LogP contribution in [0, 0.1) is 0 Å². The number of benzene rings is 1. The molecule has 114 valence electrons. The highest BCUT2D eigenvalue weighted by Crippen LogP contribution is 2.35. The van der Waals surface area contributed by atoms with Crippen LogP contribution in [0.4, 0.5) is 10.5 Å². The number of nitrogens with one attached hydrogen (secondary N) is 1. The molecule has 1 N–H and O–H groups in total. The molecule has 4 nitrogen and oxygen atoms in total. The van der Waals surface area contributed by atoms with E-state index < -0.39 is 0 Å². The smallest absolute Gasteiger partial charge is 0.315 e. The number of carbonyl (C=O) groups excluding carboxylic acids is 1. The molecule has 1 aromatic heterocycles. The van der Waals surface area contributed by atoms with Crippen LogP contribution in [-0.4, -0.2) is 22.0 Å². The van der Waals surface area contributed by atoms with Crippen molar-refractivity contribution < 1.29 is 4.79 Å². The fourth-order valence-corrected chi connectivity index (χ4v) is 2.72. The molecule has 1 saturated carbocycles. The Morgan fingerprint density at radius 3 is 2.73 bits per heavy atom. The highest BCUT2D eigenvalue weighted by atomic mass is 35.5. The molecule has 5 heteroatoms. The Labute approximate surface area is 135 Å². The van der Waals surface area contributed by atoms with Crippen molar-refractivity contribution in [2.45, 2.75) is 31.8 Å². The molecule has 2 amide bonds. The molecule has 0 radical (unpaired) electrons. The number of carbonyl (C=O) groups is 1. The normalized spacial score (nSPS) is 15.2. The van der Waals surface area contributed by atoms with E-state index in [1.165, 1.54) is 0 Å². The van der Waals surface area contributed by atoms with Crippen molar-refractivity contribution in [3.05, 3.63) is 59.4 Å². The highest BCUT2D eigenvalue weighted by Gasteiger charge is 2.36. The third-order valence-electron chi connectivity index (χ3n) is 3.87. The van der Waals surface area contributed by atoms with Gasteiger partial charge in [0.25, 0.3) is 0 Å². The first-order valence-electron chi connectivity index (χ1n) is 7.40. The maximum Gasteiger partial charge on any atom is 0.322 e. The Bertz CT molecular complexity index is 658. The summed E-state index contributed by atoms with van der Waals surface area (Å²) in [5.74, 6) is 0. The van der Waals surface area contributed by atoms with Crippen LogP contribution < -0.4 is 5.32 Å². The Kier molecular flexibility index (Phi) is 4.29. The summed E-state index contributed by atoms with van der Waals surface area (Å²) < 4.78 is 0. The van der Waals surface area contributed by atoms with Gasteiger partial charge in [0.1, 0.15) is 0 Å². The third-order valence-corrected chi connectivity index (χ3v) is 4.20. The molecular weight excluding hydrogens is 298 g/mol. The van der Waals surface area contributed by atoms with Crippen molar-refractivity contribution in [2.24, 2.45) is 0 Å². The number of hydrogen-bond acceptors (Lipinski definition) is 2. The van der Waals surface area contributed by atoms with Gasteiger partial charge in [0.05, 0.1) is 16.8 Å². The van der Waals surface area contributed by atoms with Crippen LogP contribution in [0.15, 0.2) is 48.8 Å². The SMILES string of the molecule is CC(c1cccnc1)N(C(=O)Nc1ccccc1Cl)C1CC1. The van der Waals surface area contributed by atoms with Gasteiger partial charge in [-0.25, -0.2) is 4.79 Å². The van der Waals surface area contributed by atoms with Gasteiger partial charge in [-0.1, -0.05) is 29.8 Å². The maximum absolute atomic E-state index is 12.7. The lowest BCUT2D eigenvalue weighted by Gasteiger charge is -2.29. The van der Waals surface area contributed by atoms with Crippen molar-refractivity contribution in [1.29, 1.82) is 0 Å². The molecule has 1 fully saturated rings. The number of halogens is 1. The average Bonchev–Trinajstić information content (AvgIpc) is 3.35. The lowest BCUT2D eigenvalue weighted by molar-refractivity contribution is 0.189. The predicted octanol–water partition coefficient (Wildman–Crippen LogP) is 4.49. The molecule has 0 bridgehead atoms. The van der Waals surface area contributed by atoms with E-state index in [9.17, 15) is 4.79 Å². The predicted molar refractivity (Wildman–Crippen MR) is 88.0 cm³/mol. The van der Waals surface area contributed by atoms with Crippen molar-refractivity contribution in [3.63, 3.8) is 0 Å². The number of nitrogens with zero attached hydrogens (tertiary/aromatic N) is 2. The Morgan fingerprint density at radius 2 is 2.09 bits per heavy atom. The van der Waals surface area contributed by atoms with Gasteiger partial charge in [0, 0.05) is 18.4 Å². The fourth-order valence-electron chi connectivity index (χ4n) is 2.54. The van der Waals surface area contributed by atoms with Crippen molar-refractivity contribution in [2.75, 3.05) is 5.32 Å². The molecule has 1 aromatic carbocycles. The first-order valence-corrected chi connectivity index (χ1v) is 7.78. The summed E-state index contributed by atoms with van der Waals surface area (Å²) in [6.07, 6.45) is 5.63. The van der Waals surface area contributed by atoms with Crippen LogP contribution in [0.1, 0.15) is 31.4 Å². The Balaban J connectivity index is 1.79. The number of amides is 2. The molecule has 1 heterocycles. The Morgan fingerprint density at radius 1 is 1.32 bits per heavy atom. The monoisotopic (exact) mass is 315 g/mol. The van der Waals surface area contributed by atoms with Crippen LogP contribution in [0.3, 0.4) is 0 Å². The lowest BCUT2D eigenvalue weighted by Crippen LogP contribution is -2.38. The zero-order valence-corrected chi connectivity index (χ0v) is 13.1. The summed E-state index contributed by atoms with van der Waals surface area (Å²) in [4.78, 5) is 18.7. The standard InChI is InChI=1S/C17H18ClN3O/c1-12(13-5-4-10-19-11-13)21(14-8-9-14)17(22)20-16-7-3-2-6-15(16)18/h2-7,10-12,14H,8-9H2,1H3,(H,20,22). The van der Waals surface area contributed by atoms with E-state index in [4.69, 9.17) is 11.6 Å². The van der Waals surface area contributed by atoms with E-state index in [1.54, 1.807) is 18.3 Å². The third kappa shape index (κ3) is 3.22. The van der Waals surface area contributed by atoms with Crippen LogP contribution in [0.2, 0.25) is 5.02 Å². The van der Waals surface area contributed by atoms with Crippen molar-refractivity contribution in [3.8, 4) is 0 Å². The largest absolute Gasteiger partial charge is 0.322 e. The molecule has 1 aliphatic rings. The number of hydrogen-bond donors (Lipinski definition) is 1. The van der Waals surface area contributed by atoms with Crippen LogP contribution in [0.5, 0.6) is 0 Å². The number of anilines is 1. The van der Waals surface area contributed by atoms with Crippen LogP contribution in [0.25, 0.3) is 0 Å². The minimum atomic E-state index is -0.119. The van der Waals surface area contributed by atoms with Gasteiger partial charge in [-0.05, 0) is 43.5 Å². The van der Waals surface area contributed by atoms with E-state index in [-0.39, 0.29) is 18.1 Å². The second kappa shape index (κ2) is 6.36. The Hall–Kier alpha value is -2.07. The van der Waals surface area contributed by atoms with Gasteiger partial charge in [-0.3, -0.25) is 4.98 Å². The zero-order chi connectivity index (χ0) is 15.5. The number of para-hydroxylation sites is 1. The number of aromatic nitrogens is 1. The molecule has 0 saturated heterocycles. The van der Waals surface area contributed by atoms with Crippen molar-refractivity contribution in [1.82, 2.24) is 9.88 Å². The van der Waals surface area contributed by atoms with E-state index >= 15 is 0 Å². The second-order valence-corrected chi connectivity index (χ2v) is 5.92. The highest BCUT2D eigenvalue weighted by molar-refractivity contribution is 6.33. The first kappa shape index (κ1) is 14.9. The molecule has 0 spiro atoms. The maximum atomic E-state index is 12.7. The molecular formula is C17H18ClN3O. The van der Waals surface area contributed by atoms with E-state index in [0.717, 1.165) is 18.4 Å². The molecule has 1 unspecified atom stereocenters. The summed E-state index contributed by atoms with van der Waals surface area (Å²) >= 11 is 6.12. The minimum absolute atomic E-state index is 0.0244. The second-order valence-electron chi connectivity index (χ2n) is 5.51. The minimum Gasteiger partial charge on any atom is -0.315 e. The average molecular weight is 316 g/mol. The molecule has 1 atom stereocenters. The first-order chi connectivity index (χ1) is 10.7. The summed E-state index contributed by atoms with van der Waals surface area (Å²) in [6, 6.07) is 11.3. The van der Waals surface area contributed by atoms with E-state index in [1.807, 2.05) is 42.3 Å². The zero-order valence-electron chi connectivity index (χ0n) is 12.4. The van der Waals surface area contributed by atoms with Gasteiger partial charge in [-0.2, -0.15) is 0 Å². The van der Waals surface area contributed by atoms with Crippen LogP contribution >= 0.6 is 11.6 Å². The van der Waals surface area contributed by atoms with Gasteiger partial charge in [0.15, 0.2) is 0 Å². The van der Waals surface area contributed by atoms with Crippen molar-refractivity contribution >= 4 is 23.3 Å². The number of pyridine rings is 1. The van der Waals surface area contributed by atoms with Crippen LogP contribution in [-0.2, 0) is 0 Å². The number of urea groups is 1. The van der Waals surface area contributed by atoms with Gasteiger partial charge < -0.3 is 10.2 Å². The van der Waals surface area contributed by atoms with Gasteiger partial charge in [0.2, 0.25) is 0 Å². The summed E-state index contributed by atoms with van der Waals surface area (Å²) in [7, 11) is 0. The summed E-state index contributed by atoms with van der Waals surface area (Å²) in [6.45, 7) is 2.03. The topological polar surface area (TPSA) is 45.2 Å². The quantitative estimate of drug-likeness (QED) is 0.903. The summed E-state index contributed by atoms with van der Waals surface area (Å²) in [5, 5.41) is 3.46. The van der Waals surface area contributed by atoms with Gasteiger partial charge in [-0.15, -0.1) is 0 Å². The molecule has 22 heavy (non-hydrogen) atoms. The fraction of sp³-hybridized carbons (Fsp3) is 0.294. The number of rotatable bonds is 4. The van der Waals surface area contributed by atoms with E-state index in [0.29, 0.717) is 10.7 Å². The molecule has 1 aliphatic carbocycles. The molecule has 2 aromatic rings. The molecule has 0 aliphatic heterocycles. The summed E-state index contributed by atoms with van der Waals surface area (Å²) in [5.41, 5.74) is 1.67. The van der Waals surface area contributed by atoms with E-state index in [2.05, 4.69) is 10.3 Å².